The van der Waals surface area contributed by atoms with Crippen molar-refractivity contribution in [2.45, 2.75) is 20.0 Å². The summed E-state index contributed by atoms with van der Waals surface area (Å²) in [5, 5.41) is 9.36. The Morgan fingerprint density at radius 2 is 2.05 bits per heavy atom. The van der Waals surface area contributed by atoms with Gasteiger partial charge in [0.2, 0.25) is 0 Å². The Bertz CT molecular complexity index is 621. The minimum Gasteiger partial charge on any atom is -0.478 e. The third-order valence-corrected chi connectivity index (χ3v) is 3.31. The molecule has 0 unspecified atom stereocenters. The lowest BCUT2D eigenvalue weighted by Crippen LogP contribution is -2.17. The van der Waals surface area contributed by atoms with Crippen LogP contribution in [0.15, 0.2) is 34.7 Å². The summed E-state index contributed by atoms with van der Waals surface area (Å²) in [6, 6.07) is 8.66. The molecule has 0 spiro atoms. The van der Waals surface area contributed by atoms with Crippen molar-refractivity contribution in [3.63, 3.8) is 0 Å². The maximum absolute atomic E-state index is 10.8. The van der Waals surface area contributed by atoms with Crippen LogP contribution in [0.25, 0.3) is 0 Å². The molecule has 0 aliphatic heterocycles. The van der Waals surface area contributed by atoms with E-state index in [1.807, 2.05) is 26.1 Å². The molecule has 0 aliphatic carbocycles. The molecule has 2 aromatic rings. The molecule has 0 bridgehead atoms. The van der Waals surface area contributed by atoms with Gasteiger partial charge in [-0.1, -0.05) is 17.7 Å². The fraction of sp³-hybridized carbons (Fsp3) is 0.267. The lowest BCUT2D eigenvalue weighted by molar-refractivity contribution is 0.0697. The topological polar surface area (TPSA) is 53.7 Å². The molecule has 0 radical (unpaired) electrons. The van der Waals surface area contributed by atoms with Crippen molar-refractivity contribution in [2.75, 3.05) is 7.05 Å². The zero-order valence-corrected chi connectivity index (χ0v) is 12.1. The van der Waals surface area contributed by atoms with Crippen molar-refractivity contribution in [1.82, 2.24) is 4.90 Å². The summed E-state index contributed by atoms with van der Waals surface area (Å²) in [6.45, 7) is 3.20. The summed E-state index contributed by atoms with van der Waals surface area (Å²) in [6.07, 6.45) is 0. The van der Waals surface area contributed by atoms with Crippen molar-refractivity contribution in [1.29, 1.82) is 0 Å². The van der Waals surface area contributed by atoms with Gasteiger partial charge in [0.1, 0.15) is 11.5 Å². The quantitative estimate of drug-likeness (QED) is 0.915. The maximum Gasteiger partial charge on any atom is 0.335 e. The van der Waals surface area contributed by atoms with Gasteiger partial charge in [-0.05, 0) is 43.8 Å². The Morgan fingerprint density at radius 1 is 1.30 bits per heavy atom. The average molecular weight is 294 g/mol. The van der Waals surface area contributed by atoms with Crippen LogP contribution in [0.3, 0.4) is 0 Å². The first-order chi connectivity index (χ1) is 9.45. The highest BCUT2D eigenvalue weighted by Gasteiger charge is 2.10. The molecule has 20 heavy (non-hydrogen) atoms. The molecule has 1 aromatic carbocycles. The van der Waals surface area contributed by atoms with Crippen LogP contribution in [0, 0.1) is 6.92 Å². The second kappa shape index (κ2) is 6.11. The number of rotatable bonds is 5. The van der Waals surface area contributed by atoms with Crippen LogP contribution in [0.5, 0.6) is 0 Å². The Morgan fingerprint density at radius 3 is 2.60 bits per heavy atom. The normalized spacial score (nSPS) is 11.0. The number of aryl methyl sites for hydroxylation is 1. The van der Waals surface area contributed by atoms with Gasteiger partial charge in [-0.25, -0.2) is 4.79 Å². The van der Waals surface area contributed by atoms with E-state index in [9.17, 15) is 4.79 Å². The zero-order valence-electron chi connectivity index (χ0n) is 11.4. The molecule has 0 saturated carbocycles. The monoisotopic (exact) mass is 293 g/mol. The van der Waals surface area contributed by atoms with Crippen molar-refractivity contribution >= 4 is 17.6 Å². The summed E-state index contributed by atoms with van der Waals surface area (Å²) >= 11 is 6.11. The Kier molecular flexibility index (Phi) is 4.47. The largest absolute Gasteiger partial charge is 0.478 e. The second-order valence-electron chi connectivity index (χ2n) is 4.80. The van der Waals surface area contributed by atoms with Gasteiger partial charge in [0, 0.05) is 11.6 Å². The summed E-state index contributed by atoms with van der Waals surface area (Å²) in [4.78, 5) is 12.9. The van der Waals surface area contributed by atoms with Crippen LogP contribution < -0.4 is 0 Å². The first-order valence-corrected chi connectivity index (χ1v) is 6.59. The molecule has 1 heterocycles. The van der Waals surface area contributed by atoms with Gasteiger partial charge in [-0.2, -0.15) is 0 Å². The van der Waals surface area contributed by atoms with Gasteiger partial charge in [-0.3, -0.25) is 4.90 Å². The van der Waals surface area contributed by atoms with Crippen LogP contribution >= 0.6 is 11.6 Å². The van der Waals surface area contributed by atoms with Gasteiger partial charge >= 0.3 is 5.97 Å². The molecule has 4 nitrogen and oxygen atoms in total. The molecule has 0 saturated heterocycles. The molecule has 1 aromatic heterocycles. The summed E-state index contributed by atoms with van der Waals surface area (Å²) in [5.41, 5.74) is 1.09. The van der Waals surface area contributed by atoms with E-state index in [4.69, 9.17) is 21.1 Å². The minimum atomic E-state index is -0.974. The minimum absolute atomic E-state index is 0.197. The van der Waals surface area contributed by atoms with E-state index in [-0.39, 0.29) is 5.56 Å². The standard InChI is InChI=1S/C15H16ClNO3/c1-10-3-6-13(20-10)9-17(2)8-12-5-4-11(15(18)19)7-14(12)16/h3-7H,8-9H2,1-2H3,(H,18,19). The molecule has 0 aliphatic rings. The van der Waals surface area contributed by atoms with Crippen LogP contribution in [-0.2, 0) is 13.1 Å². The molecular formula is C15H16ClNO3. The van der Waals surface area contributed by atoms with Crippen molar-refractivity contribution in [3.8, 4) is 0 Å². The highest BCUT2D eigenvalue weighted by Crippen LogP contribution is 2.20. The fourth-order valence-corrected chi connectivity index (χ4v) is 2.23. The maximum atomic E-state index is 10.8. The van der Waals surface area contributed by atoms with Gasteiger partial charge in [0.15, 0.2) is 0 Å². The third kappa shape index (κ3) is 3.62. The van der Waals surface area contributed by atoms with E-state index in [1.165, 1.54) is 6.07 Å². The predicted octanol–water partition coefficient (Wildman–Crippen LogP) is 3.57. The molecule has 5 heteroatoms. The number of aromatic carboxylic acids is 1. The van der Waals surface area contributed by atoms with Crippen LogP contribution in [0.2, 0.25) is 5.02 Å². The Balaban J connectivity index is 2.04. The first-order valence-electron chi connectivity index (χ1n) is 6.21. The number of furan rings is 1. The number of carboxylic acid groups (broad SMARTS) is 1. The van der Waals surface area contributed by atoms with Crippen molar-refractivity contribution in [2.24, 2.45) is 0 Å². The van der Waals surface area contributed by atoms with Crippen LogP contribution in [-0.4, -0.2) is 23.0 Å². The lowest BCUT2D eigenvalue weighted by Gasteiger charge is -2.16. The van der Waals surface area contributed by atoms with Crippen molar-refractivity contribution < 1.29 is 14.3 Å². The number of carboxylic acids is 1. The summed E-state index contributed by atoms with van der Waals surface area (Å²) in [5.74, 6) is 0.804. The molecule has 0 fully saturated rings. The van der Waals surface area contributed by atoms with Crippen LogP contribution in [0.1, 0.15) is 27.4 Å². The number of hydrogen-bond donors (Lipinski definition) is 1. The predicted molar refractivity (Wildman–Crippen MR) is 77.0 cm³/mol. The number of halogens is 1. The van der Waals surface area contributed by atoms with E-state index in [0.29, 0.717) is 18.1 Å². The lowest BCUT2D eigenvalue weighted by atomic mass is 10.1. The zero-order chi connectivity index (χ0) is 14.7. The fourth-order valence-electron chi connectivity index (χ4n) is 1.99. The molecule has 1 N–H and O–H groups in total. The molecule has 2 rings (SSSR count). The van der Waals surface area contributed by atoms with E-state index in [2.05, 4.69) is 4.90 Å². The smallest absolute Gasteiger partial charge is 0.335 e. The summed E-state index contributed by atoms with van der Waals surface area (Å²) < 4.78 is 5.52. The SMILES string of the molecule is Cc1ccc(CN(C)Cc2ccc(C(=O)O)cc2Cl)o1. The molecule has 106 valence electrons. The van der Waals surface area contributed by atoms with Gasteiger partial charge in [0.25, 0.3) is 0 Å². The Labute approximate surface area is 122 Å². The Hall–Kier alpha value is -1.78. The van der Waals surface area contributed by atoms with Gasteiger partial charge in [-0.15, -0.1) is 0 Å². The number of hydrogen-bond acceptors (Lipinski definition) is 3. The first kappa shape index (κ1) is 14.6. The van der Waals surface area contributed by atoms with E-state index in [0.717, 1.165) is 17.1 Å². The number of nitrogens with zero attached hydrogens (tertiary/aromatic N) is 1. The highest BCUT2D eigenvalue weighted by atomic mass is 35.5. The third-order valence-electron chi connectivity index (χ3n) is 2.96. The highest BCUT2D eigenvalue weighted by molar-refractivity contribution is 6.31. The van der Waals surface area contributed by atoms with E-state index >= 15 is 0 Å². The van der Waals surface area contributed by atoms with Crippen LogP contribution in [0.4, 0.5) is 0 Å². The van der Waals surface area contributed by atoms with Gasteiger partial charge < -0.3 is 9.52 Å². The van der Waals surface area contributed by atoms with E-state index < -0.39 is 5.97 Å². The summed E-state index contributed by atoms with van der Waals surface area (Å²) in [7, 11) is 1.96. The van der Waals surface area contributed by atoms with Gasteiger partial charge in [0.05, 0.1) is 12.1 Å². The molecular weight excluding hydrogens is 278 g/mol. The average Bonchev–Trinajstić information content (AvgIpc) is 2.77. The molecule has 0 amide bonds. The van der Waals surface area contributed by atoms with Crippen molar-refractivity contribution in [3.05, 3.63) is 58.0 Å². The van der Waals surface area contributed by atoms with E-state index in [1.54, 1.807) is 12.1 Å². The molecule has 0 atom stereocenters. The number of carbonyl (C=O) groups is 1. The second-order valence-corrected chi connectivity index (χ2v) is 5.20. The number of benzene rings is 1.